The molecule has 0 saturated carbocycles. The lowest BCUT2D eigenvalue weighted by atomic mass is 9.87. The molecule has 0 fully saturated rings. The van der Waals surface area contributed by atoms with E-state index < -0.39 is 0 Å². The van der Waals surface area contributed by atoms with E-state index in [2.05, 4.69) is 98.8 Å². The molecule has 1 aliphatic carbocycles. The minimum atomic E-state index is 1.02. The van der Waals surface area contributed by atoms with Crippen molar-refractivity contribution in [1.29, 1.82) is 0 Å². The Hall–Kier alpha value is -3.12. The summed E-state index contributed by atoms with van der Waals surface area (Å²) < 4.78 is 0. The summed E-state index contributed by atoms with van der Waals surface area (Å²) >= 11 is 0. The van der Waals surface area contributed by atoms with Gasteiger partial charge < -0.3 is 0 Å². The number of unbranched alkanes of at least 4 members (excludes halogenated alkanes) is 10. The highest BCUT2D eigenvalue weighted by atomic mass is 14.3. The first-order chi connectivity index (χ1) is 20.3. The van der Waals surface area contributed by atoms with Crippen molar-refractivity contribution >= 4 is 0 Å². The summed E-state index contributed by atoms with van der Waals surface area (Å²) in [5, 5.41) is 0. The molecule has 0 bridgehead atoms. The zero-order valence-corrected chi connectivity index (χ0v) is 25.7. The van der Waals surface area contributed by atoms with E-state index in [0.29, 0.717) is 0 Å². The second-order valence-electron chi connectivity index (χ2n) is 12.3. The fourth-order valence-corrected chi connectivity index (χ4v) is 6.69. The van der Waals surface area contributed by atoms with Crippen molar-refractivity contribution in [2.45, 2.75) is 110 Å². The molecule has 0 nitrogen and oxygen atoms in total. The summed E-state index contributed by atoms with van der Waals surface area (Å²) in [5.74, 6) is 0. The van der Waals surface area contributed by atoms with E-state index in [0.717, 1.165) is 6.42 Å². The summed E-state index contributed by atoms with van der Waals surface area (Å²) in [6, 6.07) is 32.7. The van der Waals surface area contributed by atoms with Crippen LogP contribution in [0.4, 0.5) is 0 Å². The van der Waals surface area contributed by atoms with Crippen LogP contribution < -0.4 is 0 Å². The summed E-state index contributed by atoms with van der Waals surface area (Å²) in [5.41, 5.74) is 14.2. The Labute approximate surface area is 250 Å². The van der Waals surface area contributed by atoms with Gasteiger partial charge in [0.25, 0.3) is 0 Å². The molecule has 4 aromatic carbocycles. The predicted molar refractivity (Wildman–Crippen MR) is 180 cm³/mol. The highest BCUT2D eigenvalue weighted by molar-refractivity contribution is 5.93. The van der Waals surface area contributed by atoms with Crippen LogP contribution in [0, 0.1) is 0 Å². The lowest BCUT2D eigenvalue weighted by molar-refractivity contribution is 0.607. The van der Waals surface area contributed by atoms with Gasteiger partial charge in [0.1, 0.15) is 0 Å². The maximum Gasteiger partial charge on any atom is -0.000706 e. The van der Waals surface area contributed by atoms with Crippen LogP contribution in [0.2, 0.25) is 0 Å². The van der Waals surface area contributed by atoms with Crippen molar-refractivity contribution in [3.8, 4) is 33.4 Å². The maximum atomic E-state index is 2.39. The first kappa shape index (κ1) is 29.4. The summed E-state index contributed by atoms with van der Waals surface area (Å²) in [7, 11) is 0. The molecule has 0 amide bonds. The number of benzene rings is 4. The van der Waals surface area contributed by atoms with Crippen LogP contribution in [0.5, 0.6) is 0 Å². The fraction of sp³-hybridized carbons (Fsp3) is 0.415. The zero-order valence-electron chi connectivity index (χ0n) is 25.7. The molecule has 0 aliphatic heterocycles. The highest BCUT2D eigenvalue weighted by Crippen LogP contribution is 2.46. The number of aryl methyl sites for hydroxylation is 2. The van der Waals surface area contributed by atoms with Gasteiger partial charge in [0.2, 0.25) is 0 Å². The lowest BCUT2D eigenvalue weighted by Gasteiger charge is -2.17. The minimum absolute atomic E-state index is 1.02. The summed E-state index contributed by atoms with van der Waals surface area (Å²) in [6.07, 6.45) is 19.6. The summed E-state index contributed by atoms with van der Waals surface area (Å²) in [6.45, 7) is 4.58. The maximum absolute atomic E-state index is 2.39. The van der Waals surface area contributed by atoms with Crippen LogP contribution in [-0.4, -0.2) is 0 Å². The number of hydrogen-bond acceptors (Lipinski definition) is 0. The first-order valence-corrected chi connectivity index (χ1v) is 16.7. The Morgan fingerprint density at radius 3 is 1.56 bits per heavy atom. The monoisotopic (exact) mass is 542 g/mol. The smallest absolute Gasteiger partial charge is 0.000706 e. The molecule has 0 spiro atoms. The molecule has 41 heavy (non-hydrogen) atoms. The van der Waals surface area contributed by atoms with E-state index >= 15 is 0 Å². The Bertz CT molecular complexity index is 1360. The van der Waals surface area contributed by atoms with Gasteiger partial charge in [0, 0.05) is 0 Å². The largest absolute Gasteiger partial charge is 0.0654 e. The van der Waals surface area contributed by atoms with Crippen LogP contribution in [-0.2, 0) is 19.3 Å². The molecular formula is C41H50. The van der Waals surface area contributed by atoms with Gasteiger partial charge >= 0.3 is 0 Å². The van der Waals surface area contributed by atoms with Crippen LogP contribution >= 0.6 is 0 Å². The average molecular weight is 543 g/mol. The van der Waals surface area contributed by atoms with Crippen molar-refractivity contribution in [1.82, 2.24) is 0 Å². The van der Waals surface area contributed by atoms with E-state index in [1.54, 1.807) is 0 Å². The second kappa shape index (κ2) is 15.2. The van der Waals surface area contributed by atoms with Crippen LogP contribution in [0.3, 0.4) is 0 Å². The van der Waals surface area contributed by atoms with Gasteiger partial charge in [0.05, 0.1) is 0 Å². The quantitative estimate of drug-likeness (QED) is 0.109. The molecule has 0 heterocycles. The van der Waals surface area contributed by atoms with Gasteiger partial charge in [-0.15, -0.1) is 0 Å². The van der Waals surface area contributed by atoms with Gasteiger partial charge in [-0.05, 0) is 87.7 Å². The molecule has 4 aromatic rings. The van der Waals surface area contributed by atoms with Gasteiger partial charge in [-0.2, -0.15) is 0 Å². The second-order valence-corrected chi connectivity index (χ2v) is 12.3. The van der Waals surface area contributed by atoms with Crippen LogP contribution in [0.25, 0.3) is 33.4 Å². The zero-order chi connectivity index (χ0) is 28.3. The number of hydrogen-bond donors (Lipinski definition) is 0. The van der Waals surface area contributed by atoms with Crippen molar-refractivity contribution in [3.05, 3.63) is 107 Å². The average Bonchev–Trinajstić information content (AvgIpc) is 3.40. The molecule has 5 rings (SSSR count). The number of fused-ring (bicyclic) bond motifs is 3. The topological polar surface area (TPSA) is 0 Å². The van der Waals surface area contributed by atoms with E-state index in [4.69, 9.17) is 0 Å². The third-order valence-electron chi connectivity index (χ3n) is 9.13. The SMILES string of the molecule is CCCCCCCCc1ccc(-c2ccc3c(c2-c2ccc(CCCCCCCC)cc2)Cc2ccccc2-3)cc1. The summed E-state index contributed by atoms with van der Waals surface area (Å²) in [4.78, 5) is 0. The molecule has 0 heteroatoms. The lowest BCUT2D eigenvalue weighted by Crippen LogP contribution is -1.94. The molecule has 0 aromatic heterocycles. The Balaban J connectivity index is 1.36. The third kappa shape index (κ3) is 7.59. The Morgan fingerprint density at radius 1 is 0.439 bits per heavy atom. The van der Waals surface area contributed by atoms with E-state index in [9.17, 15) is 0 Å². The minimum Gasteiger partial charge on any atom is -0.0654 e. The standard InChI is InChI=1S/C41H50/c1-3-5-7-9-11-13-17-32-21-25-34(26-22-32)38-29-30-39-37-20-16-15-19-36(37)31-40(39)41(38)35-27-23-33(24-28-35)18-14-12-10-8-6-4-2/h15-16,19-30H,3-14,17-18,31H2,1-2H3. The molecule has 0 unspecified atom stereocenters. The van der Waals surface area contributed by atoms with E-state index in [1.165, 1.54) is 146 Å². The van der Waals surface area contributed by atoms with Gasteiger partial charge in [-0.25, -0.2) is 0 Å². The van der Waals surface area contributed by atoms with Crippen molar-refractivity contribution in [3.63, 3.8) is 0 Å². The molecule has 214 valence electrons. The fourth-order valence-electron chi connectivity index (χ4n) is 6.69. The van der Waals surface area contributed by atoms with Crippen molar-refractivity contribution in [2.75, 3.05) is 0 Å². The first-order valence-electron chi connectivity index (χ1n) is 16.7. The Kier molecular flexibility index (Phi) is 10.9. The number of rotatable bonds is 16. The highest BCUT2D eigenvalue weighted by Gasteiger charge is 2.24. The van der Waals surface area contributed by atoms with Gasteiger partial charge in [0.15, 0.2) is 0 Å². The third-order valence-corrected chi connectivity index (χ3v) is 9.13. The molecule has 0 radical (unpaired) electrons. The van der Waals surface area contributed by atoms with Crippen molar-refractivity contribution < 1.29 is 0 Å². The van der Waals surface area contributed by atoms with Crippen LogP contribution in [0.1, 0.15) is 113 Å². The molecule has 0 atom stereocenters. The van der Waals surface area contributed by atoms with Gasteiger partial charge in [-0.1, -0.05) is 163 Å². The molecule has 1 aliphatic rings. The Morgan fingerprint density at radius 2 is 0.951 bits per heavy atom. The van der Waals surface area contributed by atoms with E-state index in [1.807, 2.05) is 0 Å². The molecular weight excluding hydrogens is 492 g/mol. The predicted octanol–water partition coefficient (Wildman–Crippen LogP) is 12.4. The van der Waals surface area contributed by atoms with Crippen molar-refractivity contribution in [2.24, 2.45) is 0 Å². The van der Waals surface area contributed by atoms with Gasteiger partial charge in [-0.3, -0.25) is 0 Å². The molecule has 0 saturated heterocycles. The molecule has 0 N–H and O–H groups in total. The van der Waals surface area contributed by atoms with E-state index in [-0.39, 0.29) is 0 Å². The van der Waals surface area contributed by atoms with Crippen LogP contribution in [0.15, 0.2) is 84.9 Å². The normalized spacial score (nSPS) is 12.0.